The van der Waals surface area contributed by atoms with Crippen LogP contribution in [0, 0.1) is 6.92 Å². The Kier molecular flexibility index (Phi) is 4.66. The molecule has 2 rings (SSSR count). The fraction of sp³-hybridized carbons (Fsp3) is 0.176. The van der Waals surface area contributed by atoms with Crippen LogP contribution in [-0.4, -0.2) is 11.6 Å². The van der Waals surface area contributed by atoms with E-state index in [1.165, 1.54) is 0 Å². The summed E-state index contributed by atoms with van der Waals surface area (Å²) in [5.41, 5.74) is 6.13. The number of carbonyl (C=O) groups excluding carboxylic acids is 1. The summed E-state index contributed by atoms with van der Waals surface area (Å²) in [5.74, 6) is -0.176. The summed E-state index contributed by atoms with van der Waals surface area (Å²) in [6.07, 6.45) is 0.762. The van der Waals surface area contributed by atoms with Gasteiger partial charge in [-0.15, -0.1) is 0 Å². The van der Waals surface area contributed by atoms with Crippen molar-refractivity contribution in [2.75, 3.05) is 0 Å². The van der Waals surface area contributed by atoms with Crippen molar-refractivity contribution in [3.63, 3.8) is 0 Å². The molecule has 0 radical (unpaired) electrons. The number of carbonyl (C=O) groups is 1. The van der Waals surface area contributed by atoms with E-state index in [-0.39, 0.29) is 5.91 Å². The van der Waals surface area contributed by atoms with Crippen LogP contribution in [0.5, 0.6) is 0 Å². The lowest BCUT2D eigenvalue weighted by Gasteiger charge is -2.06. The molecule has 0 saturated heterocycles. The van der Waals surface area contributed by atoms with Crippen LogP contribution in [0.1, 0.15) is 34.8 Å². The monoisotopic (exact) mass is 266 g/mol. The molecule has 0 fully saturated rings. The Hall–Kier alpha value is -2.42. The van der Waals surface area contributed by atoms with E-state index in [2.05, 4.69) is 10.5 Å². The van der Waals surface area contributed by atoms with Crippen LogP contribution in [0.4, 0.5) is 0 Å². The lowest BCUT2D eigenvalue weighted by Crippen LogP contribution is -2.20. The van der Waals surface area contributed by atoms with E-state index in [9.17, 15) is 4.79 Å². The number of rotatable bonds is 4. The maximum Gasteiger partial charge on any atom is 0.271 e. The average Bonchev–Trinajstić information content (AvgIpc) is 2.49. The van der Waals surface area contributed by atoms with Crippen molar-refractivity contribution in [1.29, 1.82) is 0 Å². The van der Waals surface area contributed by atoms with Gasteiger partial charge in [0.25, 0.3) is 5.91 Å². The Morgan fingerprint density at radius 2 is 1.70 bits per heavy atom. The third kappa shape index (κ3) is 3.32. The van der Waals surface area contributed by atoms with E-state index in [0.29, 0.717) is 5.56 Å². The molecule has 0 aliphatic carbocycles. The molecule has 2 aromatic rings. The van der Waals surface area contributed by atoms with Crippen LogP contribution in [0.25, 0.3) is 0 Å². The lowest BCUT2D eigenvalue weighted by molar-refractivity contribution is 0.0954. The number of hydrogen-bond acceptors (Lipinski definition) is 2. The molecule has 1 amide bonds. The molecule has 0 unspecified atom stereocenters. The normalized spacial score (nSPS) is 11.2. The van der Waals surface area contributed by atoms with Gasteiger partial charge in [0.15, 0.2) is 0 Å². The highest BCUT2D eigenvalue weighted by Crippen LogP contribution is 2.07. The molecule has 3 nitrogen and oxygen atoms in total. The molecule has 20 heavy (non-hydrogen) atoms. The van der Waals surface area contributed by atoms with Crippen LogP contribution in [0.15, 0.2) is 59.7 Å². The lowest BCUT2D eigenvalue weighted by atomic mass is 10.1. The zero-order valence-electron chi connectivity index (χ0n) is 11.8. The predicted molar refractivity (Wildman–Crippen MR) is 81.9 cm³/mol. The van der Waals surface area contributed by atoms with Gasteiger partial charge in [0.05, 0.1) is 5.71 Å². The Balaban J connectivity index is 2.16. The van der Waals surface area contributed by atoms with Gasteiger partial charge in [0, 0.05) is 5.56 Å². The van der Waals surface area contributed by atoms with Gasteiger partial charge < -0.3 is 0 Å². The molecule has 3 heteroatoms. The molecule has 0 spiro atoms. The van der Waals surface area contributed by atoms with E-state index in [4.69, 9.17) is 0 Å². The second kappa shape index (κ2) is 6.66. The number of nitrogens with zero attached hydrogens (tertiary/aromatic N) is 1. The van der Waals surface area contributed by atoms with Crippen molar-refractivity contribution in [2.24, 2.45) is 5.10 Å². The summed E-state index contributed by atoms with van der Waals surface area (Å²) in [6.45, 7) is 3.93. The van der Waals surface area contributed by atoms with Crippen LogP contribution < -0.4 is 5.43 Å². The fourth-order valence-electron chi connectivity index (χ4n) is 1.98. The summed E-state index contributed by atoms with van der Waals surface area (Å²) in [5, 5.41) is 4.25. The number of hydrogen-bond donors (Lipinski definition) is 1. The fourth-order valence-corrected chi connectivity index (χ4v) is 1.98. The quantitative estimate of drug-likeness (QED) is 0.667. The molecule has 0 bridgehead atoms. The first-order valence-corrected chi connectivity index (χ1v) is 6.70. The molecule has 0 heterocycles. The van der Waals surface area contributed by atoms with E-state index < -0.39 is 0 Å². The minimum Gasteiger partial charge on any atom is -0.267 e. The molecule has 0 aliphatic rings. The number of nitrogens with one attached hydrogen (secondary N) is 1. The highest BCUT2D eigenvalue weighted by molar-refractivity contribution is 6.02. The summed E-state index contributed by atoms with van der Waals surface area (Å²) < 4.78 is 0. The first kappa shape index (κ1) is 14.0. The largest absolute Gasteiger partial charge is 0.271 e. The summed E-state index contributed by atoms with van der Waals surface area (Å²) in [7, 11) is 0. The van der Waals surface area contributed by atoms with Gasteiger partial charge in [0.1, 0.15) is 0 Å². The molecule has 0 aliphatic heterocycles. The van der Waals surface area contributed by atoms with E-state index in [1.54, 1.807) is 6.07 Å². The van der Waals surface area contributed by atoms with Crippen LogP contribution >= 0.6 is 0 Å². The van der Waals surface area contributed by atoms with E-state index in [0.717, 1.165) is 23.3 Å². The topological polar surface area (TPSA) is 41.5 Å². The van der Waals surface area contributed by atoms with Gasteiger partial charge >= 0.3 is 0 Å². The van der Waals surface area contributed by atoms with Crippen molar-refractivity contribution >= 4 is 11.6 Å². The molecule has 0 aromatic heterocycles. The van der Waals surface area contributed by atoms with Crippen LogP contribution in [-0.2, 0) is 0 Å². The summed E-state index contributed by atoms with van der Waals surface area (Å²) in [4.78, 5) is 12.1. The summed E-state index contributed by atoms with van der Waals surface area (Å²) >= 11 is 0. The smallest absolute Gasteiger partial charge is 0.267 e. The van der Waals surface area contributed by atoms with Gasteiger partial charge in [-0.05, 0) is 30.5 Å². The third-order valence-corrected chi connectivity index (χ3v) is 3.12. The number of amides is 1. The zero-order valence-corrected chi connectivity index (χ0v) is 11.8. The maximum absolute atomic E-state index is 12.1. The number of benzene rings is 2. The van der Waals surface area contributed by atoms with E-state index in [1.807, 2.05) is 62.4 Å². The highest BCUT2D eigenvalue weighted by atomic mass is 16.2. The summed E-state index contributed by atoms with van der Waals surface area (Å²) in [6, 6.07) is 17.3. The first-order valence-electron chi connectivity index (χ1n) is 6.70. The second-order valence-corrected chi connectivity index (χ2v) is 4.53. The second-order valence-electron chi connectivity index (χ2n) is 4.53. The van der Waals surface area contributed by atoms with Gasteiger partial charge in [-0.2, -0.15) is 5.10 Å². The minimum atomic E-state index is -0.176. The van der Waals surface area contributed by atoms with Crippen LogP contribution in [0.2, 0.25) is 0 Å². The van der Waals surface area contributed by atoms with Crippen molar-refractivity contribution < 1.29 is 4.79 Å². The number of aryl methyl sites for hydroxylation is 1. The molecule has 2 aromatic carbocycles. The average molecular weight is 266 g/mol. The molecule has 0 saturated carbocycles. The van der Waals surface area contributed by atoms with E-state index >= 15 is 0 Å². The Bertz CT molecular complexity index is 618. The van der Waals surface area contributed by atoms with Crippen molar-refractivity contribution in [3.8, 4) is 0 Å². The Labute approximate surface area is 119 Å². The molecule has 1 N–H and O–H groups in total. The van der Waals surface area contributed by atoms with Crippen molar-refractivity contribution in [1.82, 2.24) is 5.43 Å². The van der Waals surface area contributed by atoms with Gasteiger partial charge in [-0.3, -0.25) is 4.79 Å². The molecule has 102 valence electrons. The standard InChI is InChI=1S/C17H18N2O/c1-3-16(14-10-5-4-6-11-14)18-19-17(20)15-12-8-7-9-13(15)2/h4-12H,3H2,1-2H3,(H,19,20)/b18-16-. The maximum atomic E-state index is 12.1. The Morgan fingerprint density at radius 1 is 1.05 bits per heavy atom. The number of hydrazone groups is 1. The zero-order chi connectivity index (χ0) is 14.4. The molecular weight excluding hydrogens is 248 g/mol. The van der Waals surface area contributed by atoms with Crippen molar-refractivity contribution in [2.45, 2.75) is 20.3 Å². The highest BCUT2D eigenvalue weighted by Gasteiger charge is 2.07. The third-order valence-electron chi connectivity index (χ3n) is 3.12. The predicted octanol–water partition coefficient (Wildman–Crippen LogP) is 3.54. The van der Waals surface area contributed by atoms with Gasteiger partial charge in [-0.25, -0.2) is 5.43 Å². The van der Waals surface area contributed by atoms with Crippen LogP contribution in [0.3, 0.4) is 0 Å². The van der Waals surface area contributed by atoms with Gasteiger partial charge in [-0.1, -0.05) is 55.5 Å². The van der Waals surface area contributed by atoms with Gasteiger partial charge in [0.2, 0.25) is 0 Å². The Morgan fingerprint density at radius 3 is 2.35 bits per heavy atom. The molecule has 0 atom stereocenters. The minimum absolute atomic E-state index is 0.176. The first-order chi connectivity index (χ1) is 9.72. The van der Waals surface area contributed by atoms with Crippen molar-refractivity contribution in [3.05, 3.63) is 71.3 Å². The molecular formula is C17H18N2O. The SMILES string of the molecule is CC/C(=N/NC(=O)c1ccccc1C)c1ccccc1.